The first-order valence-corrected chi connectivity index (χ1v) is 8.22. The van der Waals surface area contributed by atoms with Crippen LogP contribution in [0.1, 0.15) is 0 Å². The van der Waals surface area contributed by atoms with Gasteiger partial charge in [-0.15, -0.1) is 34.6 Å². The van der Waals surface area contributed by atoms with Crippen LogP contribution in [0.5, 0.6) is 0 Å². The number of pyridine rings is 1. The van der Waals surface area contributed by atoms with Gasteiger partial charge >= 0.3 is 44.6 Å². The molecule has 0 aliphatic heterocycles. The molecule has 2 aromatic rings. The van der Waals surface area contributed by atoms with Crippen molar-refractivity contribution in [1.29, 1.82) is 0 Å². The van der Waals surface area contributed by atoms with Gasteiger partial charge in [0.15, 0.2) is 0 Å². The van der Waals surface area contributed by atoms with Gasteiger partial charge in [0.05, 0.1) is 28.2 Å². The Kier molecular flexibility index (Phi) is 7.76. The second-order valence-corrected chi connectivity index (χ2v) is 6.98. The summed E-state index contributed by atoms with van der Waals surface area (Å²) in [4.78, 5) is 6.44. The predicted octanol–water partition coefficient (Wildman–Crippen LogP) is 3.33. The van der Waals surface area contributed by atoms with E-state index < -0.39 is 7.81 Å². The Morgan fingerprint density at radius 2 is 1.62 bits per heavy atom. The summed E-state index contributed by atoms with van der Waals surface area (Å²) in [6, 6.07) is 3.60. The van der Waals surface area contributed by atoms with E-state index in [1.165, 1.54) is 0 Å². The maximum absolute atomic E-state index is 11.6. The van der Waals surface area contributed by atoms with E-state index in [0.717, 1.165) is 5.96 Å². The fourth-order valence-corrected chi connectivity index (χ4v) is 1.80. The number of aromatic nitrogens is 4. The van der Waals surface area contributed by atoms with Crippen LogP contribution >= 0.6 is 32.6 Å². The average Bonchev–Trinajstić information content (AvgIpc) is 2.63. The molecule has 0 aromatic carbocycles. The predicted molar refractivity (Wildman–Crippen MR) is 90.8 cm³/mol. The molecular weight excluding hydrogens is 436 g/mol. The number of hydrogen-bond donors (Lipinski definition) is 0. The Labute approximate surface area is 156 Å². The van der Waals surface area contributed by atoms with E-state index in [0.29, 0.717) is 16.0 Å². The van der Waals surface area contributed by atoms with Gasteiger partial charge in [-0.25, -0.2) is 0 Å². The van der Waals surface area contributed by atoms with Gasteiger partial charge in [0.2, 0.25) is 5.52 Å². The molecule has 0 aliphatic carbocycles. The van der Waals surface area contributed by atoms with Gasteiger partial charge < -0.3 is 5.21 Å². The van der Waals surface area contributed by atoms with E-state index in [-0.39, 0.29) is 24.8 Å². The van der Waals surface area contributed by atoms with Crippen LogP contribution in [0.2, 0.25) is 0 Å². The van der Waals surface area contributed by atoms with Crippen molar-refractivity contribution in [1.82, 2.24) is 19.8 Å². The summed E-state index contributed by atoms with van der Waals surface area (Å²) in [6.45, 7) is 0. The molecule has 0 saturated heterocycles. The van der Waals surface area contributed by atoms with Crippen molar-refractivity contribution in [2.75, 3.05) is 28.2 Å². The summed E-state index contributed by atoms with van der Waals surface area (Å²) in [5, 5.41) is 15.5. The van der Waals surface area contributed by atoms with Crippen LogP contribution in [-0.4, -0.2) is 58.5 Å². The Bertz CT molecular complexity index is 779. The van der Waals surface area contributed by atoms with Crippen LogP contribution < -0.4 is 4.85 Å². The standard InChI is InChI=1S/C10H15N6O.2ClH.F6P/c1-13(2)10(14(3)4)15-8-6-5-7-11-9(8)16(17)12-15;;;1-7(2,3,4,5)6/h5-7H,1-4H3;2*1H;/q+1;;;-1. The van der Waals surface area contributed by atoms with Crippen molar-refractivity contribution in [2.45, 2.75) is 0 Å². The SMILES string of the molecule is CN(C)C(n1n[n+]([O-])c2ncccc21)=[N+](C)C.Cl.Cl.F[P-](F)(F)(F)(F)F. The van der Waals surface area contributed by atoms with Crippen LogP contribution in [0.3, 0.4) is 0 Å². The van der Waals surface area contributed by atoms with Gasteiger partial charge in [-0.1, -0.05) is 4.68 Å². The maximum atomic E-state index is 11.6. The monoisotopic (exact) mass is 452 g/mol. The van der Waals surface area contributed by atoms with Crippen molar-refractivity contribution in [3.63, 3.8) is 0 Å². The zero-order valence-corrected chi connectivity index (χ0v) is 16.4. The molecule has 154 valence electrons. The summed E-state index contributed by atoms with van der Waals surface area (Å²) in [7, 11) is -3.07. The number of hydrogen-bond acceptors (Lipinski definition) is 3. The minimum absolute atomic E-state index is 0. The normalized spacial score (nSPS) is 13.2. The van der Waals surface area contributed by atoms with Gasteiger partial charge in [0.25, 0.3) is 0 Å². The number of nitrogens with zero attached hydrogens (tertiary/aromatic N) is 6. The third-order valence-corrected chi connectivity index (χ3v) is 2.34. The van der Waals surface area contributed by atoms with Gasteiger partial charge in [-0.2, -0.15) is 0 Å². The molecule has 0 bridgehead atoms. The van der Waals surface area contributed by atoms with E-state index >= 15 is 0 Å². The van der Waals surface area contributed by atoms with E-state index in [1.54, 1.807) is 16.9 Å². The van der Waals surface area contributed by atoms with Crippen LogP contribution in [0.4, 0.5) is 25.2 Å². The molecular formula is C10H17Cl2F6N6OP. The second kappa shape index (κ2) is 7.57. The molecule has 0 spiro atoms. The summed E-state index contributed by atoms with van der Waals surface area (Å²) in [6.07, 6.45) is 1.58. The molecule has 2 rings (SSSR count). The topological polar surface area (TPSA) is 63.9 Å². The van der Waals surface area contributed by atoms with E-state index in [1.807, 2.05) is 43.7 Å². The molecule has 16 heteroatoms. The first-order valence-electron chi connectivity index (χ1n) is 6.19. The van der Waals surface area contributed by atoms with Crippen LogP contribution in [0.15, 0.2) is 18.3 Å². The second-order valence-electron chi connectivity index (χ2n) is 5.07. The van der Waals surface area contributed by atoms with Gasteiger partial charge in [-0.3, -0.25) is 9.48 Å². The molecule has 0 amide bonds. The van der Waals surface area contributed by atoms with Crippen LogP contribution in [-0.2, 0) is 0 Å². The summed E-state index contributed by atoms with van der Waals surface area (Å²) in [5.74, 6) is 0.789. The molecule has 0 unspecified atom stereocenters. The molecule has 0 radical (unpaired) electrons. The molecule has 0 fully saturated rings. The molecule has 0 atom stereocenters. The van der Waals surface area contributed by atoms with Crippen molar-refractivity contribution < 1.29 is 34.6 Å². The fraction of sp³-hybridized carbons (Fsp3) is 0.400. The average molecular weight is 453 g/mol. The van der Waals surface area contributed by atoms with Crippen molar-refractivity contribution >= 4 is 49.7 Å². The van der Waals surface area contributed by atoms with Crippen molar-refractivity contribution in [3.05, 3.63) is 23.5 Å². The van der Waals surface area contributed by atoms with E-state index in [4.69, 9.17) is 0 Å². The Balaban J connectivity index is 0. The number of rotatable bonds is 0. The zero-order chi connectivity index (χ0) is 19.0. The molecule has 2 aromatic heterocycles. The van der Waals surface area contributed by atoms with Crippen molar-refractivity contribution in [3.8, 4) is 0 Å². The van der Waals surface area contributed by atoms with E-state index in [2.05, 4.69) is 10.2 Å². The summed E-state index contributed by atoms with van der Waals surface area (Å²) >= 11 is 0. The van der Waals surface area contributed by atoms with Crippen LogP contribution in [0.25, 0.3) is 11.2 Å². The molecule has 0 aliphatic rings. The van der Waals surface area contributed by atoms with Crippen molar-refractivity contribution in [2.24, 2.45) is 0 Å². The Hall–Kier alpha value is -1.59. The first kappa shape index (κ1) is 26.6. The Morgan fingerprint density at radius 3 is 2.00 bits per heavy atom. The minimum atomic E-state index is -10.7. The van der Waals surface area contributed by atoms with Gasteiger partial charge in [0.1, 0.15) is 6.20 Å². The Morgan fingerprint density at radius 1 is 1.15 bits per heavy atom. The zero-order valence-electron chi connectivity index (χ0n) is 13.9. The quantitative estimate of drug-likeness (QED) is 0.153. The first-order chi connectivity index (χ1) is 10.5. The molecule has 0 N–H and O–H groups in total. The summed E-state index contributed by atoms with van der Waals surface area (Å²) < 4.78 is 62.7. The van der Waals surface area contributed by atoms with E-state index in [9.17, 15) is 30.4 Å². The van der Waals surface area contributed by atoms with Gasteiger partial charge in [0, 0.05) is 5.21 Å². The molecule has 2 heterocycles. The molecule has 7 nitrogen and oxygen atoms in total. The van der Waals surface area contributed by atoms with Crippen LogP contribution in [0, 0.1) is 5.21 Å². The summed E-state index contributed by atoms with van der Waals surface area (Å²) in [5.41, 5.74) is 0.994. The third-order valence-electron chi connectivity index (χ3n) is 2.34. The molecule has 26 heavy (non-hydrogen) atoms. The number of fused-ring (bicyclic) bond motifs is 1. The fourth-order valence-electron chi connectivity index (χ4n) is 1.80. The third kappa shape index (κ3) is 9.20. The number of halogens is 8. The van der Waals surface area contributed by atoms with Gasteiger partial charge in [-0.05, 0) is 12.1 Å². The molecule has 0 saturated carbocycles.